The maximum absolute atomic E-state index is 11.1. The van der Waals surface area contributed by atoms with Gasteiger partial charge >= 0.3 is 0 Å². The minimum atomic E-state index is -1.59. The van der Waals surface area contributed by atoms with Crippen LogP contribution in [0.4, 0.5) is 0 Å². The lowest BCUT2D eigenvalue weighted by Crippen LogP contribution is -2.62. The molecule has 1 aliphatic heterocycles. The number of aliphatic hydroxyl groups excluding tert-OH is 4. The summed E-state index contributed by atoms with van der Waals surface area (Å²) in [6, 6.07) is 0. The Kier molecular flexibility index (Phi) is 3.97. The van der Waals surface area contributed by atoms with Crippen LogP contribution in [0.1, 0.15) is 0 Å². The molecule has 0 spiro atoms. The second-order valence-corrected chi connectivity index (χ2v) is 3.26. The van der Waals surface area contributed by atoms with Crippen molar-refractivity contribution >= 4 is 5.91 Å². The van der Waals surface area contributed by atoms with Crippen LogP contribution >= 0.6 is 0 Å². The highest BCUT2D eigenvalue weighted by atomic mass is 16.5. The molecular formula is C7H14N2O6. The Hall–Kier alpha value is -0.770. The summed E-state index contributed by atoms with van der Waals surface area (Å²) in [5.41, 5.74) is 1.75. The van der Waals surface area contributed by atoms with Gasteiger partial charge in [-0.15, -0.1) is 0 Å². The molecule has 1 heterocycles. The lowest BCUT2D eigenvalue weighted by molar-refractivity contribution is -0.226. The third-order valence-electron chi connectivity index (χ3n) is 2.29. The fourth-order valence-corrected chi connectivity index (χ4v) is 1.40. The molecule has 1 amide bonds. The average molecular weight is 222 g/mol. The van der Waals surface area contributed by atoms with Gasteiger partial charge in [-0.25, -0.2) is 5.84 Å². The number of aliphatic hydroxyl groups is 4. The monoisotopic (exact) mass is 222 g/mol. The third kappa shape index (κ3) is 2.25. The van der Waals surface area contributed by atoms with Crippen LogP contribution < -0.4 is 11.3 Å². The number of nitrogens with one attached hydrogen (secondary N) is 1. The molecule has 0 aliphatic carbocycles. The van der Waals surface area contributed by atoms with E-state index < -0.39 is 43.0 Å². The van der Waals surface area contributed by atoms with Crippen LogP contribution in [-0.2, 0) is 9.53 Å². The zero-order valence-electron chi connectivity index (χ0n) is 7.78. The number of ether oxygens (including phenoxy) is 1. The molecule has 0 unspecified atom stereocenters. The topological polar surface area (TPSA) is 145 Å². The minimum Gasteiger partial charge on any atom is -0.394 e. The van der Waals surface area contributed by atoms with Crippen molar-refractivity contribution in [1.82, 2.24) is 5.43 Å². The van der Waals surface area contributed by atoms with Crippen molar-refractivity contribution in [3.8, 4) is 0 Å². The fraction of sp³-hybridized carbons (Fsp3) is 0.857. The Bertz CT molecular complexity index is 236. The summed E-state index contributed by atoms with van der Waals surface area (Å²) < 4.78 is 4.88. The largest absolute Gasteiger partial charge is 0.394 e. The van der Waals surface area contributed by atoms with E-state index in [9.17, 15) is 20.1 Å². The molecular weight excluding hydrogens is 208 g/mol. The van der Waals surface area contributed by atoms with Crippen LogP contribution in [0, 0.1) is 0 Å². The zero-order chi connectivity index (χ0) is 11.6. The molecule has 7 N–H and O–H groups in total. The van der Waals surface area contributed by atoms with Crippen molar-refractivity contribution in [2.24, 2.45) is 5.84 Å². The Morgan fingerprint density at radius 1 is 1.27 bits per heavy atom. The van der Waals surface area contributed by atoms with Gasteiger partial charge in [-0.1, -0.05) is 0 Å². The number of hydrogen-bond acceptors (Lipinski definition) is 7. The molecule has 1 aliphatic rings. The van der Waals surface area contributed by atoms with Crippen molar-refractivity contribution < 1.29 is 30.0 Å². The normalized spacial score (nSPS) is 41.3. The summed E-state index contributed by atoms with van der Waals surface area (Å²) in [6.07, 6.45) is -7.16. The van der Waals surface area contributed by atoms with E-state index in [1.54, 1.807) is 5.43 Å². The van der Waals surface area contributed by atoms with Crippen LogP contribution in [0.15, 0.2) is 0 Å². The Balaban J connectivity index is 2.78. The van der Waals surface area contributed by atoms with Gasteiger partial charge in [0.15, 0.2) is 6.10 Å². The number of amides is 1. The molecule has 0 aromatic rings. The first-order valence-electron chi connectivity index (χ1n) is 4.34. The highest BCUT2D eigenvalue weighted by Crippen LogP contribution is 2.20. The van der Waals surface area contributed by atoms with Gasteiger partial charge in [-0.05, 0) is 0 Å². The van der Waals surface area contributed by atoms with E-state index in [-0.39, 0.29) is 0 Å². The van der Waals surface area contributed by atoms with Crippen LogP contribution in [0.2, 0.25) is 0 Å². The Morgan fingerprint density at radius 3 is 2.33 bits per heavy atom. The predicted octanol–water partition coefficient (Wildman–Crippen LogP) is -4.18. The van der Waals surface area contributed by atoms with E-state index in [4.69, 9.17) is 15.7 Å². The van der Waals surface area contributed by atoms with Gasteiger partial charge in [0.05, 0.1) is 6.61 Å². The van der Waals surface area contributed by atoms with Gasteiger partial charge in [0.1, 0.15) is 24.4 Å². The number of nitrogens with two attached hydrogens (primary N) is 1. The van der Waals surface area contributed by atoms with Crippen LogP contribution in [-0.4, -0.2) is 63.5 Å². The summed E-state index contributed by atoms with van der Waals surface area (Å²) in [5.74, 6) is 3.99. The van der Waals surface area contributed by atoms with E-state index in [1.807, 2.05) is 0 Å². The van der Waals surface area contributed by atoms with E-state index in [1.165, 1.54) is 0 Å². The molecule has 8 nitrogen and oxygen atoms in total. The molecule has 0 bridgehead atoms. The maximum Gasteiger partial charge on any atom is 0.265 e. The Labute approximate surface area is 85.2 Å². The van der Waals surface area contributed by atoms with Gasteiger partial charge in [0.25, 0.3) is 5.91 Å². The van der Waals surface area contributed by atoms with Gasteiger partial charge in [-0.3, -0.25) is 10.2 Å². The number of hydrazine groups is 1. The van der Waals surface area contributed by atoms with Crippen molar-refractivity contribution in [3.63, 3.8) is 0 Å². The number of hydrogen-bond donors (Lipinski definition) is 6. The first-order valence-corrected chi connectivity index (χ1v) is 4.34. The molecule has 5 atom stereocenters. The first kappa shape index (κ1) is 12.3. The standard InChI is InChI=1S/C7H14N2O6/c8-9-7(14)6-5(13)4(12)3(11)2(1-10)15-6/h2-6,10-13H,1,8H2,(H,9,14)/t2-,3-,4+,5-,6+/m0/s1. The Morgan fingerprint density at radius 2 is 1.87 bits per heavy atom. The summed E-state index contributed by atoms with van der Waals surface area (Å²) in [6.45, 7) is -0.584. The predicted molar refractivity (Wildman–Crippen MR) is 46.1 cm³/mol. The minimum absolute atomic E-state index is 0.584. The maximum atomic E-state index is 11.1. The second-order valence-electron chi connectivity index (χ2n) is 3.26. The zero-order valence-corrected chi connectivity index (χ0v) is 7.78. The molecule has 0 saturated carbocycles. The van der Waals surface area contributed by atoms with Crippen molar-refractivity contribution in [3.05, 3.63) is 0 Å². The number of carbonyl (C=O) groups excluding carboxylic acids is 1. The fourth-order valence-electron chi connectivity index (χ4n) is 1.40. The van der Waals surface area contributed by atoms with Crippen molar-refractivity contribution in [2.45, 2.75) is 30.5 Å². The highest BCUT2D eigenvalue weighted by Gasteiger charge is 2.46. The highest BCUT2D eigenvalue weighted by molar-refractivity contribution is 5.81. The third-order valence-corrected chi connectivity index (χ3v) is 2.29. The van der Waals surface area contributed by atoms with Crippen molar-refractivity contribution in [1.29, 1.82) is 0 Å². The van der Waals surface area contributed by atoms with Crippen LogP contribution in [0.25, 0.3) is 0 Å². The molecule has 1 saturated heterocycles. The molecule has 15 heavy (non-hydrogen) atoms. The molecule has 88 valence electrons. The molecule has 1 fully saturated rings. The summed E-state index contributed by atoms with van der Waals surface area (Å²) in [5, 5.41) is 36.9. The molecule has 8 heteroatoms. The smallest absolute Gasteiger partial charge is 0.265 e. The summed E-state index contributed by atoms with van der Waals surface area (Å²) in [4.78, 5) is 11.1. The summed E-state index contributed by atoms with van der Waals surface area (Å²) in [7, 11) is 0. The summed E-state index contributed by atoms with van der Waals surface area (Å²) >= 11 is 0. The van der Waals surface area contributed by atoms with E-state index in [2.05, 4.69) is 0 Å². The number of rotatable bonds is 2. The van der Waals surface area contributed by atoms with Gasteiger partial charge in [0, 0.05) is 0 Å². The second kappa shape index (κ2) is 4.84. The SMILES string of the molecule is NNC(=O)[C@@H]1O[C@@H](CO)[C@H](O)[C@@H](O)[C@@H]1O. The first-order chi connectivity index (χ1) is 7.02. The van der Waals surface area contributed by atoms with Crippen LogP contribution in [0.3, 0.4) is 0 Å². The van der Waals surface area contributed by atoms with E-state index in [0.717, 1.165) is 0 Å². The van der Waals surface area contributed by atoms with Gasteiger partial charge in [-0.2, -0.15) is 0 Å². The van der Waals surface area contributed by atoms with E-state index in [0.29, 0.717) is 0 Å². The van der Waals surface area contributed by atoms with E-state index >= 15 is 0 Å². The lowest BCUT2D eigenvalue weighted by atomic mass is 9.95. The van der Waals surface area contributed by atoms with Gasteiger partial charge in [0.2, 0.25) is 0 Å². The average Bonchev–Trinajstić information content (AvgIpc) is 2.25. The molecule has 0 aromatic carbocycles. The quantitative estimate of drug-likeness (QED) is 0.158. The molecule has 0 aromatic heterocycles. The van der Waals surface area contributed by atoms with Crippen LogP contribution in [0.5, 0.6) is 0 Å². The number of carbonyl (C=O) groups is 1. The van der Waals surface area contributed by atoms with Crippen molar-refractivity contribution in [2.75, 3.05) is 6.61 Å². The molecule has 0 radical (unpaired) electrons. The lowest BCUT2D eigenvalue weighted by Gasteiger charge is -2.38. The molecule has 1 rings (SSSR count). The van der Waals surface area contributed by atoms with Gasteiger partial charge < -0.3 is 25.2 Å².